The third-order valence-corrected chi connectivity index (χ3v) is 5.96. The smallest absolute Gasteiger partial charge is 0.222 e. The molecular weight excluding hydrogens is 352 g/mol. The van der Waals surface area contributed by atoms with Crippen LogP contribution in [0, 0.1) is 5.92 Å². The minimum absolute atomic E-state index is 0.294. The van der Waals surface area contributed by atoms with Crippen LogP contribution in [0.4, 0.5) is 0 Å². The summed E-state index contributed by atoms with van der Waals surface area (Å²) in [5, 5.41) is 50.6. The van der Waals surface area contributed by atoms with E-state index in [0.717, 1.165) is 37.7 Å². The molecule has 1 aromatic carbocycles. The lowest BCUT2D eigenvalue weighted by Crippen LogP contribution is -2.63. The standard InChI is InChI=1S/C20H30O7/c1-26-15-7-5-12(6-8-15)9-13-3-2-4-14(10-13)20(25)19(24)18(23)17(22)16(11-21)27-20/h2-4,10,12,15-19,21-25H,5-9,11H2,1H3/t12?,15?,16-,17-,18+,19-,20-/m1/s1. The summed E-state index contributed by atoms with van der Waals surface area (Å²) in [6.45, 7) is -0.588. The molecule has 1 aromatic rings. The molecule has 7 nitrogen and oxygen atoms in total. The summed E-state index contributed by atoms with van der Waals surface area (Å²) in [6.07, 6.45) is -0.646. The Hall–Kier alpha value is -1.06. The van der Waals surface area contributed by atoms with Crippen molar-refractivity contribution < 1.29 is 35.0 Å². The Morgan fingerprint density at radius 1 is 1.11 bits per heavy atom. The lowest BCUT2D eigenvalue weighted by molar-refractivity contribution is -0.357. The fraction of sp³-hybridized carbons (Fsp3) is 0.700. The van der Waals surface area contributed by atoms with Gasteiger partial charge in [-0.3, -0.25) is 0 Å². The van der Waals surface area contributed by atoms with Gasteiger partial charge < -0.3 is 35.0 Å². The lowest BCUT2D eigenvalue weighted by atomic mass is 9.82. The minimum Gasteiger partial charge on any atom is -0.394 e. The highest BCUT2D eigenvalue weighted by Gasteiger charge is 2.53. The monoisotopic (exact) mass is 382 g/mol. The van der Waals surface area contributed by atoms with E-state index in [1.165, 1.54) is 0 Å². The van der Waals surface area contributed by atoms with Crippen LogP contribution in [0.25, 0.3) is 0 Å². The van der Waals surface area contributed by atoms with Gasteiger partial charge in [-0.1, -0.05) is 24.3 Å². The van der Waals surface area contributed by atoms with E-state index >= 15 is 0 Å². The molecule has 0 aromatic heterocycles. The number of aliphatic hydroxyl groups excluding tert-OH is 4. The van der Waals surface area contributed by atoms with Gasteiger partial charge in [0.15, 0.2) is 0 Å². The van der Waals surface area contributed by atoms with Gasteiger partial charge in [0.25, 0.3) is 0 Å². The second-order valence-electron chi connectivity index (χ2n) is 7.74. The van der Waals surface area contributed by atoms with Gasteiger partial charge in [-0.2, -0.15) is 0 Å². The Kier molecular flexibility index (Phi) is 6.53. The molecule has 2 aliphatic rings. The Morgan fingerprint density at radius 3 is 2.44 bits per heavy atom. The molecule has 1 heterocycles. The van der Waals surface area contributed by atoms with E-state index in [-0.39, 0.29) is 0 Å². The van der Waals surface area contributed by atoms with Crippen LogP contribution in [0.2, 0.25) is 0 Å². The highest BCUT2D eigenvalue weighted by atomic mass is 16.7. The summed E-state index contributed by atoms with van der Waals surface area (Å²) in [6, 6.07) is 7.09. The second kappa shape index (κ2) is 8.53. The molecule has 5 atom stereocenters. The lowest BCUT2D eigenvalue weighted by Gasteiger charge is -2.45. The van der Waals surface area contributed by atoms with Crippen LogP contribution in [-0.2, 0) is 21.7 Å². The fourth-order valence-corrected chi connectivity index (χ4v) is 4.22. The van der Waals surface area contributed by atoms with Gasteiger partial charge >= 0.3 is 0 Å². The van der Waals surface area contributed by atoms with Crippen molar-refractivity contribution in [3.63, 3.8) is 0 Å². The number of methoxy groups -OCH3 is 1. The maximum absolute atomic E-state index is 10.9. The summed E-state index contributed by atoms with van der Waals surface area (Å²) >= 11 is 0. The number of ether oxygens (including phenoxy) is 2. The average molecular weight is 382 g/mol. The van der Waals surface area contributed by atoms with Crippen molar-refractivity contribution in [2.75, 3.05) is 13.7 Å². The quantitative estimate of drug-likeness (QED) is 0.488. The molecule has 27 heavy (non-hydrogen) atoms. The van der Waals surface area contributed by atoms with Crippen molar-refractivity contribution in [2.45, 2.75) is 68.4 Å². The van der Waals surface area contributed by atoms with Crippen molar-refractivity contribution in [3.05, 3.63) is 35.4 Å². The molecule has 0 radical (unpaired) electrons. The van der Waals surface area contributed by atoms with Crippen LogP contribution in [0.1, 0.15) is 36.8 Å². The van der Waals surface area contributed by atoms with Crippen molar-refractivity contribution in [3.8, 4) is 0 Å². The van der Waals surface area contributed by atoms with Gasteiger partial charge in [-0.05, 0) is 43.6 Å². The summed E-state index contributed by atoms with van der Waals surface area (Å²) in [5.41, 5.74) is 1.29. The molecule has 0 amide bonds. The third-order valence-electron chi connectivity index (χ3n) is 5.96. The summed E-state index contributed by atoms with van der Waals surface area (Å²) < 4.78 is 10.8. The Morgan fingerprint density at radius 2 is 1.81 bits per heavy atom. The van der Waals surface area contributed by atoms with Gasteiger partial charge in [0, 0.05) is 12.7 Å². The predicted molar refractivity (Wildman–Crippen MR) is 96.8 cm³/mol. The van der Waals surface area contributed by atoms with E-state index in [9.17, 15) is 25.5 Å². The summed E-state index contributed by atoms with van der Waals surface area (Å²) in [4.78, 5) is 0. The summed E-state index contributed by atoms with van der Waals surface area (Å²) in [5.74, 6) is -1.67. The molecule has 2 fully saturated rings. The number of aliphatic hydroxyl groups is 5. The zero-order valence-corrected chi connectivity index (χ0v) is 15.6. The van der Waals surface area contributed by atoms with E-state index in [0.29, 0.717) is 17.6 Å². The zero-order chi connectivity index (χ0) is 19.6. The maximum Gasteiger partial charge on any atom is 0.222 e. The van der Waals surface area contributed by atoms with Crippen molar-refractivity contribution >= 4 is 0 Å². The van der Waals surface area contributed by atoms with Crippen LogP contribution in [-0.4, -0.2) is 69.8 Å². The van der Waals surface area contributed by atoms with E-state index < -0.39 is 36.8 Å². The van der Waals surface area contributed by atoms with Gasteiger partial charge in [0.05, 0.1) is 12.7 Å². The molecule has 152 valence electrons. The topological polar surface area (TPSA) is 120 Å². The molecule has 7 heteroatoms. The number of hydrogen-bond acceptors (Lipinski definition) is 7. The van der Waals surface area contributed by atoms with Gasteiger partial charge in [-0.25, -0.2) is 0 Å². The normalized spacial score (nSPS) is 40.1. The first-order valence-corrected chi connectivity index (χ1v) is 9.56. The van der Waals surface area contributed by atoms with Crippen molar-refractivity contribution in [1.82, 2.24) is 0 Å². The second-order valence-corrected chi connectivity index (χ2v) is 7.74. The van der Waals surface area contributed by atoms with E-state index in [2.05, 4.69) is 0 Å². The SMILES string of the molecule is COC1CCC(Cc2cccc([C@@]3(O)O[C@H](CO)[C@@H](O)[C@H](O)[C@H]3O)c2)CC1. The first-order valence-electron chi connectivity index (χ1n) is 9.56. The molecular formula is C20H30O7. The highest BCUT2D eigenvalue weighted by Crippen LogP contribution is 2.37. The molecule has 3 rings (SSSR count). The molecule has 1 saturated heterocycles. The van der Waals surface area contributed by atoms with Crippen molar-refractivity contribution in [2.24, 2.45) is 5.92 Å². The van der Waals surface area contributed by atoms with Crippen LogP contribution in [0.3, 0.4) is 0 Å². The number of rotatable bonds is 5. The predicted octanol–water partition coefficient (Wildman–Crippen LogP) is 0.0532. The minimum atomic E-state index is -2.20. The molecule has 5 N–H and O–H groups in total. The Balaban J connectivity index is 1.76. The third kappa shape index (κ3) is 4.19. The van der Waals surface area contributed by atoms with Gasteiger partial charge in [0.2, 0.25) is 5.79 Å². The van der Waals surface area contributed by atoms with E-state index in [1.807, 2.05) is 6.07 Å². The van der Waals surface area contributed by atoms with Gasteiger partial charge in [0.1, 0.15) is 24.4 Å². The highest BCUT2D eigenvalue weighted by molar-refractivity contribution is 5.29. The molecule has 1 aliphatic heterocycles. The van der Waals surface area contributed by atoms with Crippen LogP contribution >= 0.6 is 0 Å². The Labute approximate surface area is 159 Å². The van der Waals surface area contributed by atoms with E-state index in [4.69, 9.17) is 9.47 Å². The van der Waals surface area contributed by atoms with E-state index in [1.54, 1.807) is 25.3 Å². The molecule has 0 bridgehead atoms. The molecule has 0 unspecified atom stereocenters. The van der Waals surface area contributed by atoms with Crippen LogP contribution < -0.4 is 0 Å². The maximum atomic E-state index is 10.9. The largest absolute Gasteiger partial charge is 0.394 e. The van der Waals surface area contributed by atoms with Gasteiger partial charge in [-0.15, -0.1) is 0 Å². The molecule has 0 spiro atoms. The number of hydrogen-bond donors (Lipinski definition) is 5. The average Bonchev–Trinajstić information content (AvgIpc) is 2.70. The zero-order valence-electron chi connectivity index (χ0n) is 15.6. The Bertz CT molecular complexity index is 614. The summed E-state index contributed by atoms with van der Waals surface area (Å²) in [7, 11) is 1.75. The fourth-order valence-electron chi connectivity index (χ4n) is 4.22. The molecule has 1 aliphatic carbocycles. The van der Waals surface area contributed by atoms with Crippen LogP contribution in [0.5, 0.6) is 0 Å². The molecule has 1 saturated carbocycles. The first-order chi connectivity index (χ1) is 12.9. The van der Waals surface area contributed by atoms with Crippen LogP contribution in [0.15, 0.2) is 24.3 Å². The number of benzene rings is 1. The first kappa shape index (κ1) is 20.7. The van der Waals surface area contributed by atoms with Crippen molar-refractivity contribution in [1.29, 1.82) is 0 Å².